The van der Waals surface area contributed by atoms with E-state index in [0.717, 1.165) is 17.8 Å². The molecular formula is C12H16N4S. The van der Waals surface area contributed by atoms with Gasteiger partial charge in [0.25, 0.3) is 0 Å². The summed E-state index contributed by atoms with van der Waals surface area (Å²) in [5.41, 5.74) is 0.969. The van der Waals surface area contributed by atoms with Gasteiger partial charge in [0, 0.05) is 23.5 Å². The van der Waals surface area contributed by atoms with Gasteiger partial charge in [-0.25, -0.2) is 0 Å². The normalized spacial score (nSPS) is 11.7. The van der Waals surface area contributed by atoms with Crippen molar-refractivity contribution in [2.45, 2.75) is 32.7 Å². The van der Waals surface area contributed by atoms with E-state index in [4.69, 9.17) is 12.2 Å². The molecule has 0 fully saturated rings. The first kappa shape index (κ1) is 12.0. The third kappa shape index (κ3) is 2.15. The zero-order valence-electron chi connectivity index (χ0n) is 10.3. The summed E-state index contributed by atoms with van der Waals surface area (Å²) in [6.45, 7) is 6.46. The fourth-order valence-electron chi connectivity index (χ4n) is 1.71. The van der Waals surface area contributed by atoms with Crippen LogP contribution in [0, 0.1) is 4.77 Å². The Hall–Kier alpha value is -1.49. The highest BCUT2D eigenvalue weighted by atomic mass is 32.1. The molecule has 0 bridgehead atoms. The topological polar surface area (TPSA) is 46.5 Å². The van der Waals surface area contributed by atoms with Crippen molar-refractivity contribution in [1.82, 2.24) is 19.7 Å². The van der Waals surface area contributed by atoms with Gasteiger partial charge in [0.15, 0.2) is 10.6 Å². The maximum absolute atomic E-state index is 5.32. The Balaban J connectivity index is 2.62. The minimum atomic E-state index is -0.0529. The van der Waals surface area contributed by atoms with E-state index in [-0.39, 0.29) is 5.54 Å². The maximum Gasteiger partial charge on any atom is 0.195 e. The van der Waals surface area contributed by atoms with Crippen LogP contribution in [0.25, 0.3) is 11.4 Å². The maximum atomic E-state index is 5.32. The van der Waals surface area contributed by atoms with E-state index in [1.54, 1.807) is 12.4 Å². The third-order valence-electron chi connectivity index (χ3n) is 3.08. The molecule has 0 saturated heterocycles. The van der Waals surface area contributed by atoms with Gasteiger partial charge in [0.1, 0.15) is 0 Å². The van der Waals surface area contributed by atoms with Crippen LogP contribution in [0.5, 0.6) is 0 Å². The van der Waals surface area contributed by atoms with Crippen LogP contribution in [0.1, 0.15) is 27.2 Å². The molecule has 2 heterocycles. The molecule has 0 spiro atoms. The van der Waals surface area contributed by atoms with Crippen LogP contribution in [0.15, 0.2) is 24.5 Å². The van der Waals surface area contributed by atoms with Crippen molar-refractivity contribution < 1.29 is 0 Å². The van der Waals surface area contributed by atoms with Gasteiger partial charge in [-0.2, -0.15) is 5.10 Å². The van der Waals surface area contributed by atoms with E-state index in [0.29, 0.717) is 4.77 Å². The molecule has 0 unspecified atom stereocenters. The van der Waals surface area contributed by atoms with Crippen molar-refractivity contribution in [2.24, 2.45) is 0 Å². The zero-order valence-corrected chi connectivity index (χ0v) is 11.1. The van der Waals surface area contributed by atoms with Gasteiger partial charge in [0.2, 0.25) is 0 Å². The molecule has 0 atom stereocenters. The Bertz CT molecular complexity index is 553. The van der Waals surface area contributed by atoms with Gasteiger partial charge < -0.3 is 0 Å². The molecule has 0 aliphatic rings. The first-order chi connectivity index (χ1) is 8.06. The minimum absolute atomic E-state index is 0.0529. The van der Waals surface area contributed by atoms with Gasteiger partial charge in [-0.15, -0.1) is 0 Å². The summed E-state index contributed by atoms with van der Waals surface area (Å²) in [6.07, 6.45) is 4.51. The Morgan fingerprint density at radius 1 is 1.35 bits per heavy atom. The van der Waals surface area contributed by atoms with Crippen molar-refractivity contribution in [2.75, 3.05) is 0 Å². The lowest BCUT2D eigenvalue weighted by Gasteiger charge is -2.26. The number of rotatable bonds is 3. The highest BCUT2D eigenvalue weighted by Gasteiger charge is 2.23. The molecule has 1 N–H and O–H groups in total. The predicted molar refractivity (Wildman–Crippen MR) is 70.3 cm³/mol. The van der Waals surface area contributed by atoms with E-state index < -0.39 is 0 Å². The number of nitrogens with zero attached hydrogens (tertiary/aromatic N) is 3. The standard InChI is InChI=1S/C12H16N4S/c1-4-12(2,3)16-10(14-15-11(16)17)9-5-7-13-8-6-9/h5-8H,4H2,1-3H3,(H,15,17). The molecule has 2 aromatic heterocycles. The number of pyridine rings is 1. The highest BCUT2D eigenvalue weighted by Crippen LogP contribution is 2.26. The third-order valence-corrected chi connectivity index (χ3v) is 3.36. The van der Waals surface area contributed by atoms with Crippen LogP contribution in [0.2, 0.25) is 0 Å². The van der Waals surface area contributed by atoms with Crippen LogP contribution in [0.4, 0.5) is 0 Å². The van der Waals surface area contributed by atoms with Crippen LogP contribution in [-0.2, 0) is 5.54 Å². The summed E-state index contributed by atoms with van der Waals surface area (Å²) in [5, 5.41) is 7.19. The van der Waals surface area contributed by atoms with Crippen molar-refractivity contribution >= 4 is 12.2 Å². The Labute approximate surface area is 106 Å². The van der Waals surface area contributed by atoms with E-state index in [9.17, 15) is 0 Å². The molecule has 4 nitrogen and oxygen atoms in total. The number of hydrogen-bond acceptors (Lipinski definition) is 3. The van der Waals surface area contributed by atoms with Crippen molar-refractivity contribution in [3.05, 3.63) is 29.3 Å². The number of aromatic nitrogens is 4. The van der Waals surface area contributed by atoms with Crippen molar-refractivity contribution in [3.8, 4) is 11.4 Å². The lowest BCUT2D eigenvalue weighted by Crippen LogP contribution is -2.26. The lowest BCUT2D eigenvalue weighted by atomic mass is 10.0. The van der Waals surface area contributed by atoms with E-state index >= 15 is 0 Å². The van der Waals surface area contributed by atoms with Gasteiger partial charge in [-0.1, -0.05) is 6.92 Å². The first-order valence-corrected chi connectivity index (χ1v) is 6.05. The first-order valence-electron chi connectivity index (χ1n) is 5.64. The molecule has 0 amide bonds. The molecule has 2 aromatic rings. The van der Waals surface area contributed by atoms with E-state index in [1.807, 2.05) is 12.1 Å². The van der Waals surface area contributed by atoms with Gasteiger partial charge in [-0.05, 0) is 44.6 Å². The molecule has 17 heavy (non-hydrogen) atoms. The quantitative estimate of drug-likeness (QED) is 0.849. The molecule has 0 aliphatic carbocycles. The Kier molecular flexibility index (Phi) is 3.11. The molecule has 90 valence electrons. The minimum Gasteiger partial charge on any atom is -0.295 e. The van der Waals surface area contributed by atoms with E-state index in [2.05, 4.69) is 40.5 Å². The van der Waals surface area contributed by atoms with Crippen LogP contribution >= 0.6 is 12.2 Å². The second-order valence-electron chi connectivity index (χ2n) is 4.59. The molecule has 0 radical (unpaired) electrons. The second-order valence-corrected chi connectivity index (χ2v) is 4.98. The summed E-state index contributed by atoms with van der Waals surface area (Å²) in [4.78, 5) is 4.02. The second kappa shape index (κ2) is 4.41. The summed E-state index contributed by atoms with van der Waals surface area (Å²) >= 11 is 5.32. The molecule has 0 saturated carbocycles. The van der Waals surface area contributed by atoms with Gasteiger partial charge in [-0.3, -0.25) is 14.6 Å². The van der Waals surface area contributed by atoms with Gasteiger partial charge >= 0.3 is 0 Å². The number of aromatic amines is 1. The molecule has 2 rings (SSSR count). The SMILES string of the molecule is CCC(C)(C)n1c(-c2ccncc2)n[nH]c1=S. The molecular weight excluding hydrogens is 232 g/mol. The van der Waals surface area contributed by atoms with E-state index in [1.165, 1.54) is 0 Å². The molecule has 5 heteroatoms. The summed E-state index contributed by atoms with van der Waals surface area (Å²) in [7, 11) is 0. The monoisotopic (exact) mass is 248 g/mol. The number of hydrogen-bond donors (Lipinski definition) is 1. The summed E-state index contributed by atoms with van der Waals surface area (Å²) < 4.78 is 2.72. The Morgan fingerprint density at radius 2 is 2.00 bits per heavy atom. The molecule has 0 aliphatic heterocycles. The van der Waals surface area contributed by atoms with Crippen molar-refractivity contribution in [1.29, 1.82) is 0 Å². The summed E-state index contributed by atoms with van der Waals surface area (Å²) in [6, 6.07) is 3.88. The van der Waals surface area contributed by atoms with Crippen LogP contribution < -0.4 is 0 Å². The number of nitrogens with one attached hydrogen (secondary N) is 1. The molecule has 0 aromatic carbocycles. The zero-order chi connectivity index (χ0) is 12.5. The lowest BCUT2D eigenvalue weighted by molar-refractivity contribution is 0.341. The predicted octanol–water partition coefficient (Wildman–Crippen LogP) is 3.15. The van der Waals surface area contributed by atoms with Gasteiger partial charge in [0.05, 0.1) is 0 Å². The highest BCUT2D eigenvalue weighted by molar-refractivity contribution is 7.71. The van der Waals surface area contributed by atoms with Crippen LogP contribution in [0.3, 0.4) is 0 Å². The number of H-pyrrole nitrogens is 1. The van der Waals surface area contributed by atoms with Crippen LogP contribution in [-0.4, -0.2) is 19.7 Å². The Morgan fingerprint density at radius 3 is 2.59 bits per heavy atom. The largest absolute Gasteiger partial charge is 0.295 e. The fraction of sp³-hybridized carbons (Fsp3) is 0.417. The average molecular weight is 248 g/mol. The fourth-order valence-corrected chi connectivity index (χ4v) is 2.09. The summed E-state index contributed by atoms with van der Waals surface area (Å²) in [5.74, 6) is 0.865. The smallest absolute Gasteiger partial charge is 0.195 e. The average Bonchev–Trinajstić information content (AvgIpc) is 2.73. The van der Waals surface area contributed by atoms with Crippen molar-refractivity contribution in [3.63, 3.8) is 0 Å².